The van der Waals surface area contributed by atoms with Gasteiger partial charge in [-0.15, -0.1) is 0 Å². The molecule has 38 heavy (non-hydrogen) atoms. The summed E-state index contributed by atoms with van der Waals surface area (Å²) in [5.74, 6) is 0. The number of benzene rings is 7. The third kappa shape index (κ3) is 3.21. The number of furan rings is 1. The zero-order valence-corrected chi connectivity index (χ0v) is 20.6. The zero-order chi connectivity index (χ0) is 25.1. The van der Waals surface area contributed by atoms with Gasteiger partial charge in [0, 0.05) is 33.6 Å². The van der Waals surface area contributed by atoms with Crippen molar-refractivity contribution in [1.29, 1.82) is 0 Å². The highest BCUT2D eigenvalue weighted by Gasteiger charge is 2.20. The summed E-state index contributed by atoms with van der Waals surface area (Å²) in [5.41, 5.74) is 5.12. The van der Waals surface area contributed by atoms with Crippen LogP contribution in [-0.4, -0.2) is 0 Å². The Morgan fingerprint density at radius 2 is 1.03 bits per heavy atom. The fraction of sp³-hybridized carbons (Fsp3) is 0. The van der Waals surface area contributed by atoms with Gasteiger partial charge in [-0.1, -0.05) is 97.1 Å². The molecular weight excluding hydrogens is 462 g/mol. The average molecular weight is 486 g/mol. The molecule has 0 saturated heterocycles. The molecule has 2 heteroatoms. The minimum Gasteiger partial charge on any atom is -0.456 e. The first-order valence-electron chi connectivity index (χ1n) is 12.9. The van der Waals surface area contributed by atoms with E-state index in [1.165, 1.54) is 32.3 Å². The quantitative estimate of drug-likeness (QED) is 0.247. The average Bonchev–Trinajstić information content (AvgIpc) is 3.34. The first-order chi connectivity index (χ1) is 18.8. The van der Waals surface area contributed by atoms with E-state index in [4.69, 9.17) is 4.42 Å². The summed E-state index contributed by atoms with van der Waals surface area (Å²) < 4.78 is 6.57. The second kappa shape index (κ2) is 8.22. The standard InChI is InChI=1S/C36H23NO/c1-2-14-28(15-3-1)37(29-19-18-24-10-4-5-11-25(24)20-29)33-23-35-36(31-17-9-8-16-30(31)33)32-21-26-12-6-7-13-27(26)22-34(32)38-35/h1-23H. The number of nitrogens with zero attached hydrogens (tertiary/aromatic N) is 1. The van der Waals surface area contributed by atoms with Crippen molar-refractivity contribution in [2.24, 2.45) is 0 Å². The van der Waals surface area contributed by atoms with E-state index >= 15 is 0 Å². The molecule has 0 spiro atoms. The van der Waals surface area contributed by atoms with Gasteiger partial charge in [-0.3, -0.25) is 0 Å². The number of anilines is 3. The number of hydrogen-bond acceptors (Lipinski definition) is 2. The lowest BCUT2D eigenvalue weighted by Crippen LogP contribution is -2.10. The Morgan fingerprint density at radius 1 is 0.395 bits per heavy atom. The van der Waals surface area contributed by atoms with Crippen molar-refractivity contribution in [1.82, 2.24) is 0 Å². The van der Waals surface area contributed by atoms with Crippen LogP contribution in [0.3, 0.4) is 0 Å². The van der Waals surface area contributed by atoms with Crippen LogP contribution >= 0.6 is 0 Å². The molecule has 7 aromatic carbocycles. The van der Waals surface area contributed by atoms with Crippen LogP contribution in [0.5, 0.6) is 0 Å². The van der Waals surface area contributed by atoms with E-state index in [0.717, 1.165) is 39.0 Å². The minimum absolute atomic E-state index is 0.894. The van der Waals surface area contributed by atoms with Gasteiger partial charge in [0.1, 0.15) is 11.2 Å². The van der Waals surface area contributed by atoms with Crippen molar-refractivity contribution in [3.05, 3.63) is 140 Å². The van der Waals surface area contributed by atoms with E-state index in [1.807, 2.05) is 0 Å². The molecular formula is C36H23NO. The van der Waals surface area contributed by atoms with Crippen LogP contribution in [-0.2, 0) is 0 Å². The summed E-state index contributed by atoms with van der Waals surface area (Å²) >= 11 is 0. The summed E-state index contributed by atoms with van der Waals surface area (Å²) in [7, 11) is 0. The number of fused-ring (bicyclic) bond motifs is 7. The maximum Gasteiger partial charge on any atom is 0.138 e. The van der Waals surface area contributed by atoms with Gasteiger partial charge in [0.2, 0.25) is 0 Å². The number of hydrogen-bond donors (Lipinski definition) is 0. The first-order valence-corrected chi connectivity index (χ1v) is 12.9. The molecule has 1 heterocycles. The van der Waals surface area contributed by atoms with Crippen LogP contribution in [0, 0.1) is 0 Å². The summed E-state index contributed by atoms with van der Waals surface area (Å²) in [6, 6.07) is 49.6. The highest BCUT2D eigenvalue weighted by molar-refractivity contribution is 6.24. The summed E-state index contributed by atoms with van der Waals surface area (Å²) in [6.45, 7) is 0. The van der Waals surface area contributed by atoms with Gasteiger partial charge in [-0.25, -0.2) is 0 Å². The Hall–Kier alpha value is -5.08. The zero-order valence-electron chi connectivity index (χ0n) is 20.6. The van der Waals surface area contributed by atoms with Crippen LogP contribution in [0.4, 0.5) is 17.1 Å². The first kappa shape index (κ1) is 21.0. The Kier molecular flexibility index (Phi) is 4.55. The Morgan fingerprint density at radius 3 is 1.82 bits per heavy atom. The highest BCUT2D eigenvalue weighted by atomic mass is 16.3. The largest absolute Gasteiger partial charge is 0.456 e. The van der Waals surface area contributed by atoms with Gasteiger partial charge in [0.15, 0.2) is 0 Å². The molecule has 0 bridgehead atoms. The maximum atomic E-state index is 6.57. The van der Waals surface area contributed by atoms with Gasteiger partial charge in [0.25, 0.3) is 0 Å². The van der Waals surface area contributed by atoms with Crippen molar-refractivity contribution < 1.29 is 4.42 Å². The molecule has 8 aromatic rings. The highest BCUT2D eigenvalue weighted by Crippen LogP contribution is 2.45. The molecule has 178 valence electrons. The van der Waals surface area contributed by atoms with Crippen molar-refractivity contribution in [2.75, 3.05) is 4.90 Å². The molecule has 8 rings (SSSR count). The number of para-hydroxylation sites is 1. The molecule has 0 aliphatic carbocycles. The van der Waals surface area contributed by atoms with Gasteiger partial charge >= 0.3 is 0 Å². The van der Waals surface area contributed by atoms with Gasteiger partial charge < -0.3 is 9.32 Å². The smallest absolute Gasteiger partial charge is 0.138 e. The summed E-state index contributed by atoms with van der Waals surface area (Å²) in [6.07, 6.45) is 0. The predicted octanol–water partition coefficient (Wildman–Crippen LogP) is 10.5. The van der Waals surface area contributed by atoms with E-state index in [2.05, 4.69) is 144 Å². The monoisotopic (exact) mass is 485 g/mol. The van der Waals surface area contributed by atoms with Crippen LogP contribution in [0.1, 0.15) is 0 Å². The van der Waals surface area contributed by atoms with E-state index < -0.39 is 0 Å². The minimum atomic E-state index is 0.894. The van der Waals surface area contributed by atoms with Gasteiger partial charge in [0.05, 0.1) is 5.69 Å². The fourth-order valence-electron chi connectivity index (χ4n) is 5.81. The third-order valence-corrected chi connectivity index (χ3v) is 7.57. The maximum absolute atomic E-state index is 6.57. The Bertz CT molecular complexity index is 2140. The van der Waals surface area contributed by atoms with Gasteiger partial charge in [-0.05, 0) is 63.3 Å². The van der Waals surface area contributed by atoms with Crippen LogP contribution < -0.4 is 4.90 Å². The van der Waals surface area contributed by atoms with E-state index in [-0.39, 0.29) is 0 Å². The van der Waals surface area contributed by atoms with E-state index in [9.17, 15) is 0 Å². The number of rotatable bonds is 3. The molecule has 1 aromatic heterocycles. The van der Waals surface area contributed by atoms with Crippen LogP contribution in [0.15, 0.2) is 144 Å². The lowest BCUT2D eigenvalue weighted by atomic mass is 9.99. The Balaban J connectivity index is 1.47. The fourth-order valence-corrected chi connectivity index (χ4v) is 5.81. The van der Waals surface area contributed by atoms with Crippen molar-refractivity contribution in [3.63, 3.8) is 0 Å². The molecule has 0 fully saturated rings. The van der Waals surface area contributed by atoms with Crippen molar-refractivity contribution in [2.45, 2.75) is 0 Å². The van der Waals surface area contributed by atoms with Crippen LogP contribution in [0.25, 0.3) is 54.3 Å². The summed E-state index contributed by atoms with van der Waals surface area (Å²) in [5, 5.41) is 9.54. The molecule has 0 radical (unpaired) electrons. The molecule has 0 unspecified atom stereocenters. The second-order valence-electron chi connectivity index (χ2n) is 9.81. The van der Waals surface area contributed by atoms with E-state index in [0.29, 0.717) is 0 Å². The molecule has 0 N–H and O–H groups in total. The molecule has 0 saturated carbocycles. The predicted molar refractivity (Wildman–Crippen MR) is 161 cm³/mol. The second-order valence-corrected chi connectivity index (χ2v) is 9.81. The lowest BCUT2D eigenvalue weighted by Gasteiger charge is -2.27. The Labute approximate surface area is 220 Å². The molecule has 0 aliphatic heterocycles. The van der Waals surface area contributed by atoms with Gasteiger partial charge in [-0.2, -0.15) is 0 Å². The molecule has 0 amide bonds. The third-order valence-electron chi connectivity index (χ3n) is 7.57. The summed E-state index contributed by atoms with van der Waals surface area (Å²) in [4.78, 5) is 2.35. The topological polar surface area (TPSA) is 16.4 Å². The molecule has 2 nitrogen and oxygen atoms in total. The van der Waals surface area contributed by atoms with Crippen molar-refractivity contribution >= 4 is 71.3 Å². The lowest BCUT2D eigenvalue weighted by molar-refractivity contribution is 0.670. The molecule has 0 aliphatic rings. The normalized spacial score (nSPS) is 11.7. The van der Waals surface area contributed by atoms with Crippen LogP contribution in [0.2, 0.25) is 0 Å². The molecule has 0 atom stereocenters. The van der Waals surface area contributed by atoms with E-state index in [1.54, 1.807) is 0 Å². The van der Waals surface area contributed by atoms with Crippen molar-refractivity contribution in [3.8, 4) is 0 Å². The SMILES string of the molecule is c1ccc(N(c2ccc3ccccc3c2)c2cc3oc4cc5ccccc5cc4c3c3ccccc23)cc1.